The van der Waals surface area contributed by atoms with Crippen LogP contribution in [0.5, 0.6) is 0 Å². The summed E-state index contributed by atoms with van der Waals surface area (Å²) in [6, 6.07) is 7.02. The van der Waals surface area contributed by atoms with E-state index in [9.17, 15) is 18.0 Å². The monoisotopic (exact) mass is 392 g/mol. The molecule has 0 spiro atoms. The van der Waals surface area contributed by atoms with Crippen LogP contribution >= 0.6 is 12.4 Å². The summed E-state index contributed by atoms with van der Waals surface area (Å²) in [5.74, 6) is -0.612. The Morgan fingerprint density at radius 1 is 1.31 bits per heavy atom. The number of benzene rings is 1. The highest BCUT2D eigenvalue weighted by atomic mass is 35.5. The van der Waals surface area contributed by atoms with Gasteiger partial charge < -0.3 is 10.5 Å². The van der Waals surface area contributed by atoms with Gasteiger partial charge in [0, 0.05) is 37.6 Å². The van der Waals surface area contributed by atoms with E-state index in [4.69, 9.17) is 10.5 Å². The molecule has 8 heteroatoms. The number of amides is 1. The van der Waals surface area contributed by atoms with Crippen molar-refractivity contribution >= 4 is 18.3 Å². The molecule has 0 aromatic heterocycles. The van der Waals surface area contributed by atoms with E-state index in [0.717, 1.165) is 24.8 Å². The minimum absolute atomic E-state index is 0. The van der Waals surface area contributed by atoms with Crippen molar-refractivity contribution in [3.05, 3.63) is 35.4 Å². The van der Waals surface area contributed by atoms with E-state index in [-0.39, 0.29) is 24.2 Å². The van der Waals surface area contributed by atoms with Crippen LogP contribution in [0.3, 0.4) is 0 Å². The molecule has 1 saturated carbocycles. The van der Waals surface area contributed by atoms with E-state index in [2.05, 4.69) is 0 Å². The number of fused-ring (bicyclic) bond motifs is 2. The first-order chi connectivity index (χ1) is 11.8. The Morgan fingerprint density at radius 3 is 2.42 bits per heavy atom. The number of primary amides is 1. The van der Waals surface area contributed by atoms with Gasteiger partial charge in [0.05, 0.1) is 6.54 Å². The molecular formula is C18H24ClF3N2O2. The maximum absolute atomic E-state index is 12.8. The Bertz CT molecular complexity index is 640. The highest BCUT2D eigenvalue weighted by Gasteiger charge is 2.54. The second-order valence-electron chi connectivity index (χ2n) is 7.08. The molecule has 0 radical (unpaired) electrons. The summed E-state index contributed by atoms with van der Waals surface area (Å²) in [5.41, 5.74) is 5.96. The van der Waals surface area contributed by atoms with Crippen molar-refractivity contribution in [1.82, 2.24) is 4.90 Å². The maximum Gasteiger partial charge on any atom is 0.401 e. The normalized spacial score (nSPS) is 29.1. The molecule has 2 aliphatic rings. The first-order valence-electron chi connectivity index (χ1n) is 8.51. The van der Waals surface area contributed by atoms with E-state index in [1.54, 1.807) is 25.3 Å². The van der Waals surface area contributed by atoms with Gasteiger partial charge in [0.2, 0.25) is 5.91 Å². The minimum atomic E-state index is -4.20. The van der Waals surface area contributed by atoms with Gasteiger partial charge in [0.1, 0.15) is 5.60 Å². The molecule has 1 amide bonds. The van der Waals surface area contributed by atoms with Crippen LogP contribution in [0, 0.1) is 11.8 Å². The van der Waals surface area contributed by atoms with Crippen molar-refractivity contribution in [2.45, 2.75) is 31.0 Å². The third-order valence-corrected chi connectivity index (χ3v) is 5.61. The summed E-state index contributed by atoms with van der Waals surface area (Å²) in [4.78, 5) is 13.0. The zero-order valence-electron chi connectivity index (χ0n) is 14.6. The Kier molecular flexibility index (Phi) is 6.25. The summed E-state index contributed by atoms with van der Waals surface area (Å²) < 4.78 is 44.5. The van der Waals surface area contributed by atoms with Crippen LogP contribution in [0.4, 0.5) is 13.2 Å². The number of hydrogen-bond acceptors (Lipinski definition) is 3. The number of ether oxygens (including phenoxy) is 1. The number of carbonyl (C=O) groups excluding carboxylic acids is 1. The van der Waals surface area contributed by atoms with Crippen molar-refractivity contribution in [2.75, 3.05) is 26.7 Å². The van der Waals surface area contributed by atoms with Crippen LogP contribution < -0.4 is 5.73 Å². The molecule has 1 aliphatic carbocycles. The van der Waals surface area contributed by atoms with Gasteiger partial charge in [-0.05, 0) is 30.5 Å². The fourth-order valence-corrected chi connectivity index (χ4v) is 4.75. The molecule has 1 aromatic rings. The lowest BCUT2D eigenvalue weighted by Gasteiger charge is -2.55. The summed E-state index contributed by atoms with van der Waals surface area (Å²) in [6.07, 6.45) is -1.61. The van der Waals surface area contributed by atoms with Crippen LogP contribution in [0.15, 0.2) is 24.3 Å². The Hall–Kier alpha value is -1.31. The van der Waals surface area contributed by atoms with E-state index in [0.29, 0.717) is 18.7 Å². The minimum Gasteiger partial charge on any atom is -0.373 e. The van der Waals surface area contributed by atoms with Crippen molar-refractivity contribution in [1.29, 1.82) is 0 Å². The number of halogens is 4. The van der Waals surface area contributed by atoms with Crippen LogP contribution in [0.2, 0.25) is 0 Å². The molecule has 2 bridgehead atoms. The standard InChI is InChI=1S/C18H23F3N2O2.ClH/c1-25-18(13-5-2-4-12(8-13)16(22)24)14-6-3-7-15(18)10-23(9-14)11-17(19,20)21;/h2,4-5,8,14-15H,3,6-7,9-11H2,1H3,(H2,22,24);1H. The third-order valence-electron chi connectivity index (χ3n) is 5.61. The first-order valence-corrected chi connectivity index (χ1v) is 8.51. The molecule has 4 nitrogen and oxygen atoms in total. The van der Waals surface area contributed by atoms with Crippen LogP contribution in [0.1, 0.15) is 35.2 Å². The fourth-order valence-electron chi connectivity index (χ4n) is 4.75. The largest absolute Gasteiger partial charge is 0.401 e. The number of likely N-dealkylation sites (tertiary alicyclic amines) is 1. The predicted molar refractivity (Wildman–Crippen MR) is 94.2 cm³/mol. The van der Waals surface area contributed by atoms with Crippen molar-refractivity contribution in [3.8, 4) is 0 Å². The van der Waals surface area contributed by atoms with Crippen LogP contribution in [0.25, 0.3) is 0 Å². The molecule has 2 atom stereocenters. The second kappa shape index (κ2) is 7.74. The fraction of sp³-hybridized carbons (Fsp3) is 0.611. The molecule has 1 aromatic carbocycles. The molecular weight excluding hydrogens is 369 g/mol. The van der Waals surface area contributed by atoms with E-state index < -0.39 is 24.2 Å². The van der Waals surface area contributed by atoms with E-state index >= 15 is 0 Å². The summed E-state index contributed by atoms with van der Waals surface area (Å²) in [5, 5.41) is 0. The molecule has 26 heavy (non-hydrogen) atoms. The average molecular weight is 393 g/mol. The van der Waals surface area contributed by atoms with Crippen molar-refractivity contribution in [2.24, 2.45) is 17.6 Å². The number of alkyl halides is 3. The number of carbonyl (C=O) groups is 1. The Balaban J connectivity index is 0.00000243. The van der Waals surface area contributed by atoms with Gasteiger partial charge in [-0.15, -0.1) is 12.4 Å². The number of nitrogens with zero attached hydrogens (tertiary/aromatic N) is 1. The molecule has 2 unspecified atom stereocenters. The highest BCUT2D eigenvalue weighted by Crippen LogP contribution is 2.51. The smallest absolute Gasteiger partial charge is 0.373 e. The van der Waals surface area contributed by atoms with Crippen molar-refractivity contribution < 1.29 is 22.7 Å². The zero-order chi connectivity index (χ0) is 18.2. The topological polar surface area (TPSA) is 55.6 Å². The highest BCUT2D eigenvalue weighted by molar-refractivity contribution is 5.92. The van der Waals surface area contributed by atoms with Crippen LogP contribution in [-0.2, 0) is 10.3 Å². The van der Waals surface area contributed by atoms with Crippen molar-refractivity contribution in [3.63, 3.8) is 0 Å². The van der Waals surface area contributed by atoms with Gasteiger partial charge in [0.15, 0.2) is 0 Å². The molecule has 3 rings (SSSR count). The Morgan fingerprint density at radius 2 is 1.92 bits per heavy atom. The third kappa shape index (κ3) is 3.85. The van der Waals surface area contributed by atoms with Gasteiger partial charge in [-0.2, -0.15) is 13.2 Å². The number of rotatable bonds is 4. The summed E-state index contributed by atoms with van der Waals surface area (Å²) >= 11 is 0. The van der Waals surface area contributed by atoms with E-state index in [1.807, 2.05) is 6.07 Å². The van der Waals surface area contributed by atoms with Gasteiger partial charge in [-0.25, -0.2) is 0 Å². The summed E-state index contributed by atoms with van der Waals surface area (Å²) in [7, 11) is 1.61. The molecule has 2 fully saturated rings. The van der Waals surface area contributed by atoms with Gasteiger partial charge in [0.25, 0.3) is 0 Å². The number of methoxy groups -OCH3 is 1. The van der Waals surface area contributed by atoms with Gasteiger partial charge in [-0.3, -0.25) is 9.69 Å². The quantitative estimate of drug-likeness (QED) is 0.855. The second-order valence-corrected chi connectivity index (χ2v) is 7.08. The molecule has 1 saturated heterocycles. The Labute approximate surface area is 157 Å². The molecule has 1 heterocycles. The molecule has 2 N–H and O–H groups in total. The number of piperidine rings is 1. The lowest BCUT2D eigenvalue weighted by molar-refractivity contribution is -0.197. The van der Waals surface area contributed by atoms with Crippen LogP contribution in [-0.4, -0.2) is 43.7 Å². The van der Waals surface area contributed by atoms with E-state index in [1.165, 1.54) is 4.90 Å². The average Bonchev–Trinajstić information content (AvgIpc) is 2.52. The number of nitrogens with two attached hydrogens (primary N) is 1. The zero-order valence-corrected chi connectivity index (χ0v) is 15.4. The first kappa shape index (κ1) is 21.0. The lowest BCUT2D eigenvalue weighted by Crippen LogP contribution is -2.60. The predicted octanol–water partition coefficient (Wildman–Crippen LogP) is 3.34. The lowest BCUT2D eigenvalue weighted by atomic mass is 9.62. The van der Waals surface area contributed by atoms with Gasteiger partial charge in [-0.1, -0.05) is 18.6 Å². The maximum atomic E-state index is 12.8. The number of hydrogen-bond donors (Lipinski definition) is 1. The molecule has 146 valence electrons. The summed E-state index contributed by atoms with van der Waals surface area (Å²) in [6.45, 7) is -0.212. The molecule has 1 aliphatic heterocycles. The SMILES string of the molecule is COC1(c2cccc(C(N)=O)c2)C2CCCC1CN(CC(F)(F)F)C2.Cl. The van der Waals surface area contributed by atoms with Gasteiger partial charge >= 0.3 is 6.18 Å².